The van der Waals surface area contributed by atoms with Gasteiger partial charge < -0.3 is 15.3 Å². The number of nitrogens with one attached hydrogen (secondary N) is 1. The Morgan fingerprint density at radius 2 is 2.25 bits per heavy atom. The quantitative estimate of drug-likeness (QED) is 0.780. The first-order chi connectivity index (χ1) is 7.79. The molecule has 0 aromatic heterocycles. The highest BCUT2D eigenvalue weighted by Crippen LogP contribution is 2.23. The molecule has 2 rings (SSSR count). The summed E-state index contributed by atoms with van der Waals surface area (Å²) in [6.07, 6.45) is 2.21. The molecule has 1 heterocycles. The molecule has 1 aliphatic heterocycles. The molecule has 2 N–H and O–H groups in total. The van der Waals surface area contributed by atoms with E-state index in [-0.39, 0.29) is 6.61 Å². The normalized spacial score (nSPS) is 13.9. The van der Waals surface area contributed by atoms with Crippen molar-refractivity contribution in [2.24, 2.45) is 0 Å². The van der Waals surface area contributed by atoms with Crippen LogP contribution in [0.3, 0.4) is 0 Å². The van der Waals surface area contributed by atoms with Gasteiger partial charge in [0.05, 0.1) is 6.61 Å². The summed E-state index contributed by atoms with van der Waals surface area (Å²) in [5, 5.41) is 12.2. The van der Waals surface area contributed by atoms with Gasteiger partial charge in [-0.3, -0.25) is 0 Å². The molecule has 0 aliphatic carbocycles. The van der Waals surface area contributed by atoms with Crippen LogP contribution in [0.5, 0.6) is 0 Å². The molecule has 3 nitrogen and oxygen atoms in total. The smallest absolute Gasteiger partial charge is 0.0558 e. The van der Waals surface area contributed by atoms with Gasteiger partial charge in [-0.2, -0.15) is 0 Å². The van der Waals surface area contributed by atoms with E-state index in [1.165, 1.54) is 16.8 Å². The number of fused-ring (bicyclic) bond motifs is 1. The second-order valence-corrected chi connectivity index (χ2v) is 4.45. The third kappa shape index (κ3) is 2.74. The number of hydrogen-bond donors (Lipinski definition) is 2. The molecule has 0 unspecified atom stereocenters. The SMILES string of the molecule is CN(CCO)CCc1ccc2c(c1)CCN2. The molecule has 0 amide bonds. The lowest BCUT2D eigenvalue weighted by Gasteiger charge is -2.15. The fourth-order valence-corrected chi connectivity index (χ4v) is 2.12. The Balaban J connectivity index is 1.90. The van der Waals surface area contributed by atoms with Gasteiger partial charge in [0.2, 0.25) is 0 Å². The first-order valence-corrected chi connectivity index (χ1v) is 5.94. The monoisotopic (exact) mass is 220 g/mol. The molecule has 16 heavy (non-hydrogen) atoms. The number of anilines is 1. The Morgan fingerprint density at radius 3 is 3.06 bits per heavy atom. The largest absolute Gasteiger partial charge is 0.395 e. The number of aliphatic hydroxyl groups is 1. The summed E-state index contributed by atoms with van der Waals surface area (Å²) >= 11 is 0. The van der Waals surface area contributed by atoms with Crippen molar-refractivity contribution < 1.29 is 5.11 Å². The van der Waals surface area contributed by atoms with Crippen molar-refractivity contribution in [2.45, 2.75) is 12.8 Å². The maximum absolute atomic E-state index is 8.81. The van der Waals surface area contributed by atoms with E-state index in [2.05, 4.69) is 28.4 Å². The molecule has 0 saturated heterocycles. The molecule has 3 heteroatoms. The van der Waals surface area contributed by atoms with Crippen molar-refractivity contribution in [2.75, 3.05) is 38.6 Å². The van der Waals surface area contributed by atoms with E-state index in [0.29, 0.717) is 0 Å². The Kier molecular flexibility index (Phi) is 3.80. The number of likely N-dealkylation sites (N-methyl/N-ethyl adjacent to an activating group) is 1. The summed E-state index contributed by atoms with van der Waals surface area (Å²) in [5.41, 5.74) is 4.14. The molecule has 0 spiro atoms. The van der Waals surface area contributed by atoms with E-state index in [4.69, 9.17) is 5.11 Å². The standard InChI is InChI=1S/C13H20N2O/c1-15(8-9-16)7-5-11-2-3-13-12(10-11)4-6-14-13/h2-3,10,14,16H,4-9H2,1H3. The minimum atomic E-state index is 0.241. The highest BCUT2D eigenvalue weighted by molar-refractivity contribution is 5.56. The molecule has 0 saturated carbocycles. The lowest BCUT2D eigenvalue weighted by Crippen LogP contribution is -2.24. The first-order valence-electron chi connectivity index (χ1n) is 5.94. The summed E-state index contributed by atoms with van der Waals surface area (Å²) in [5.74, 6) is 0. The lowest BCUT2D eigenvalue weighted by atomic mass is 10.1. The Morgan fingerprint density at radius 1 is 1.38 bits per heavy atom. The number of nitrogens with zero attached hydrogens (tertiary/aromatic N) is 1. The maximum atomic E-state index is 8.81. The zero-order valence-electron chi connectivity index (χ0n) is 9.87. The van der Waals surface area contributed by atoms with E-state index in [1.807, 2.05) is 7.05 Å². The zero-order valence-corrected chi connectivity index (χ0v) is 9.87. The van der Waals surface area contributed by atoms with Gasteiger partial charge in [-0.25, -0.2) is 0 Å². The van der Waals surface area contributed by atoms with Crippen molar-refractivity contribution >= 4 is 5.69 Å². The van der Waals surface area contributed by atoms with Gasteiger partial charge in [0.15, 0.2) is 0 Å². The van der Waals surface area contributed by atoms with E-state index >= 15 is 0 Å². The molecule has 0 radical (unpaired) electrons. The van der Waals surface area contributed by atoms with Crippen LogP contribution in [0.15, 0.2) is 18.2 Å². The Bertz CT molecular complexity index is 352. The van der Waals surface area contributed by atoms with Crippen LogP contribution in [-0.2, 0) is 12.8 Å². The van der Waals surface area contributed by atoms with Crippen LogP contribution >= 0.6 is 0 Å². The minimum Gasteiger partial charge on any atom is -0.395 e. The van der Waals surface area contributed by atoms with Gasteiger partial charge in [0.1, 0.15) is 0 Å². The van der Waals surface area contributed by atoms with Crippen molar-refractivity contribution in [1.29, 1.82) is 0 Å². The second-order valence-electron chi connectivity index (χ2n) is 4.45. The molecule has 0 fully saturated rings. The van der Waals surface area contributed by atoms with Gasteiger partial charge >= 0.3 is 0 Å². The average molecular weight is 220 g/mol. The summed E-state index contributed by atoms with van der Waals surface area (Å²) < 4.78 is 0. The molecule has 88 valence electrons. The molecule has 1 aromatic rings. The average Bonchev–Trinajstić information content (AvgIpc) is 2.74. The molecule has 1 aromatic carbocycles. The molecule has 0 bridgehead atoms. The summed E-state index contributed by atoms with van der Waals surface area (Å²) in [6.45, 7) is 3.08. The van der Waals surface area contributed by atoms with Gasteiger partial charge in [-0.1, -0.05) is 12.1 Å². The van der Waals surface area contributed by atoms with Crippen LogP contribution in [0.1, 0.15) is 11.1 Å². The Labute approximate surface area is 97.1 Å². The predicted molar refractivity (Wildman–Crippen MR) is 66.9 cm³/mol. The van der Waals surface area contributed by atoms with Crippen molar-refractivity contribution in [1.82, 2.24) is 4.90 Å². The summed E-state index contributed by atoms with van der Waals surface area (Å²) in [7, 11) is 2.05. The number of rotatable bonds is 5. The van der Waals surface area contributed by atoms with Crippen molar-refractivity contribution in [3.8, 4) is 0 Å². The summed E-state index contributed by atoms with van der Waals surface area (Å²) in [6, 6.07) is 6.69. The van der Waals surface area contributed by atoms with E-state index in [0.717, 1.165) is 32.5 Å². The predicted octanol–water partition coefficient (Wildman–Crippen LogP) is 1.12. The van der Waals surface area contributed by atoms with Crippen LogP contribution in [0.2, 0.25) is 0 Å². The minimum absolute atomic E-state index is 0.241. The second kappa shape index (κ2) is 5.32. The fourth-order valence-electron chi connectivity index (χ4n) is 2.12. The van der Waals surface area contributed by atoms with Crippen LogP contribution in [0.25, 0.3) is 0 Å². The van der Waals surface area contributed by atoms with E-state index in [1.54, 1.807) is 0 Å². The van der Waals surface area contributed by atoms with Gasteiger partial charge in [0, 0.05) is 25.3 Å². The van der Waals surface area contributed by atoms with E-state index < -0.39 is 0 Å². The lowest BCUT2D eigenvalue weighted by molar-refractivity contribution is 0.223. The molecule has 0 atom stereocenters. The van der Waals surface area contributed by atoms with Crippen LogP contribution in [-0.4, -0.2) is 43.3 Å². The van der Waals surface area contributed by atoms with Gasteiger partial charge in [0.25, 0.3) is 0 Å². The highest BCUT2D eigenvalue weighted by Gasteiger charge is 2.09. The van der Waals surface area contributed by atoms with E-state index in [9.17, 15) is 0 Å². The fraction of sp³-hybridized carbons (Fsp3) is 0.538. The number of hydrogen-bond acceptors (Lipinski definition) is 3. The van der Waals surface area contributed by atoms with Crippen LogP contribution < -0.4 is 5.32 Å². The van der Waals surface area contributed by atoms with Gasteiger partial charge in [-0.15, -0.1) is 0 Å². The molecular formula is C13H20N2O. The third-order valence-corrected chi connectivity index (χ3v) is 3.14. The van der Waals surface area contributed by atoms with Crippen molar-refractivity contribution in [3.63, 3.8) is 0 Å². The number of aliphatic hydroxyl groups excluding tert-OH is 1. The maximum Gasteiger partial charge on any atom is 0.0558 e. The van der Waals surface area contributed by atoms with Gasteiger partial charge in [-0.05, 0) is 37.1 Å². The summed E-state index contributed by atoms with van der Waals surface area (Å²) in [4.78, 5) is 2.16. The van der Waals surface area contributed by atoms with Crippen LogP contribution in [0.4, 0.5) is 5.69 Å². The first kappa shape index (κ1) is 11.4. The zero-order chi connectivity index (χ0) is 11.4. The molecular weight excluding hydrogens is 200 g/mol. The van der Waals surface area contributed by atoms with Crippen LogP contribution in [0, 0.1) is 0 Å². The number of benzene rings is 1. The Hall–Kier alpha value is -1.06. The van der Waals surface area contributed by atoms with Crippen molar-refractivity contribution in [3.05, 3.63) is 29.3 Å². The molecule has 1 aliphatic rings. The topological polar surface area (TPSA) is 35.5 Å². The third-order valence-electron chi connectivity index (χ3n) is 3.14. The highest BCUT2D eigenvalue weighted by atomic mass is 16.3.